The number of carbonyl (C=O) groups excluding carboxylic acids is 1. The number of benzene rings is 2. The molecule has 0 aliphatic carbocycles. The van der Waals surface area contributed by atoms with Crippen molar-refractivity contribution in [3.8, 4) is 0 Å². The van der Waals surface area contributed by atoms with Gasteiger partial charge in [-0.2, -0.15) is 0 Å². The van der Waals surface area contributed by atoms with Crippen LogP contribution in [0.3, 0.4) is 0 Å². The highest BCUT2D eigenvalue weighted by atomic mass is 35.5. The van der Waals surface area contributed by atoms with Crippen LogP contribution in [0.15, 0.2) is 48.7 Å². The van der Waals surface area contributed by atoms with Gasteiger partial charge in [-0.1, -0.05) is 35.9 Å². The fraction of sp³-hybridized carbons (Fsp3) is 0.292. The number of amides is 1. The van der Waals surface area contributed by atoms with Gasteiger partial charge in [-0.25, -0.2) is 14.8 Å². The summed E-state index contributed by atoms with van der Waals surface area (Å²) in [5.41, 5.74) is 4.53. The molecule has 0 radical (unpaired) electrons. The van der Waals surface area contributed by atoms with Crippen molar-refractivity contribution in [2.24, 2.45) is 0 Å². The van der Waals surface area contributed by atoms with E-state index in [2.05, 4.69) is 14.6 Å². The average molecular weight is 465 g/mol. The summed E-state index contributed by atoms with van der Waals surface area (Å²) >= 11 is 6.47. The maximum Gasteiger partial charge on any atom is 0.409 e. The van der Waals surface area contributed by atoms with E-state index in [1.165, 1.54) is 0 Å². The van der Waals surface area contributed by atoms with E-state index in [1.54, 1.807) is 4.90 Å². The number of para-hydroxylation sites is 3. The van der Waals surface area contributed by atoms with Gasteiger partial charge in [0.2, 0.25) is 5.95 Å². The number of nitrogens with zero attached hydrogens (tertiary/aromatic N) is 5. The van der Waals surface area contributed by atoms with Crippen molar-refractivity contribution in [1.29, 1.82) is 0 Å². The van der Waals surface area contributed by atoms with Crippen LogP contribution in [0.25, 0.3) is 16.6 Å². The zero-order chi connectivity index (χ0) is 22.9. The molecule has 9 heteroatoms. The number of aromatic nitrogens is 3. The van der Waals surface area contributed by atoms with Gasteiger partial charge < -0.3 is 19.9 Å². The van der Waals surface area contributed by atoms with Gasteiger partial charge in [0.25, 0.3) is 0 Å². The minimum atomic E-state index is -0.263. The second-order valence-electron chi connectivity index (χ2n) is 7.96. The molecule has 0 unspecified atom stereocenters. The number of aryl methyl sites for hydroxylation is 1. The van der Waals surface area contributed by atoms with E-state index in [9.17, 15) is 4.79 Å². The molecule has 1 aliphatic heterocycles. The SMILES string of the molecule is CCOC(=O)N1CCN(c2ncc3c(Nc4c(C)cccc4Cl)nc4ccccc4n23)CC1. The molecule has 1 aliphatic rings. The number of imidazole rings is 1. The minimum absolute atomic E-state index is 0.263. The van der Waals surface area contributed by atoms with Gasteiger partial charge >= 0.3 is 6.09 Å². The molecule has 0 bridgehead atoms. The van der Waals surface area contributed by atoms with Crippen molar-refractivity contribution < 1.29 is 9.53 Å². The molecule has 3 heterocycles. The predicted octanol–water partition coefficient (Wildman–Crippen LogP) is 4.87. The number of hydrogen-bond donors (Lipinski definition) is 1. The standard InChI is InChI=1S/C24H25ClN6O2/c1-3-33-24(32)30-13-11-29(12-14-30)23-26-15-20-22(28-21-16(2)7-6-8-17(21)25)27-18-9-4-5-10-19(18)31(20)23/h4-10,15H,3,11-14H2,1-2H3,(H,27,28). The fourth-order valence-electron chi connectivity index (χ4n) is 4.20. The number of ether oxygens (including phenoxy) is 1. The highest BCUT2D eigenvalue weighted by Crippen LogP contribution is 2.33. The fourth-order valence-corrected chi connectivity index (χ4v) is 4.47. The van der Waals surface area contributed by atoms with E-state index in [4.69, 9.17) is 26.3 Å². The van der Waals surface area contributed by atoms with Crippen molar-refractivity contribution >= 4 is 51.7 Å². The number of hydrogen-bond acceptors (Lipinski definition) is 6. The molecule has 170 valence electrons. The molecule has 8 nitrogen and oxygen atoms in total. The summed E-state index contributed by atoms with van der Waals surface area (Å²) in [6.07, 6.45) is 1.57. The number of halogens is 1. The van der Waals surface area contributed by atoms with Gasteiger partial charge in [0.1, 0.15) is 5.52 Å². The van der Waals surface area contributed by atoms with E-state index in [0.717, 1.165) is 33.7 Å². The average Bonchev–Trinajstić information content (AvgIpc) is 3.27. The molecule has 2 aromatic carbocycles. The lowest BCUT2D eigenvalue weighted by atomic mass is 10.2. The molecule has 0 saturated carbocycles. The first kappa shape index (κ1) is 21.3. The topological polar surface area (TPSA) is 75.0 Å². The molecule has 4 aromatic rings. The lowest BCUT2D eigenvalue weighted by Crippen LogP contribution is -2.49. The third-order valence-electron chi connectivity index (χ3n) is 5.89. The van der Waals surface area contributed by atoms with Gasteiger partial charge in [-0.05, 0) is 37.6 Å². The quantitative estimate of drug-likeness (QED) is 0.464. The van der Waals surface area contributed by atoms with E-state index < -0.39 is 0 Å². The summed E-state index contributed by atoms with van der Waals surface area (Å²) in [5, 5.41) is 4.07. The van der Waals surface area contributed by atoms with Crippen LogP contribution in [0.1, 0.15) is 12.5 Å². The third-order valence-corrected chi connectivity index (χ3v) is 6.21. The van der Waals surface area contributed by atoms with E-state index in [1.807, 2.05) is 62.5 Å². The maximum absolute atomic E-state index is 12.1. The second kappa shape index (κ2) is 8.78. The Kier molecular flexibility index (Phi) is 5.68. The lowest BCUT2D eigenvalue weighted by Gasteiger charge is -2.34. The second-order valence-corrected chi connectivity index (χ2v) is 8.36. The van der Waals surface area contributed by atoms with Crippen molar-refractivity contribution in [2.75, 3.05) is 43.0 Å². The van der Waals surface area contributed by atoms with Crippen molar-refractivity contribution in [3.05, 3.63) is 59.2 Å². The van der Waals surface area contributed by atoms with Gasteiger partial charge in [0.05, 0.1) is 34.5 Å². The Labute approximate surface area is 196 Å². The first-order chi connectivity index (χ1) is 16.1. The summed E-state index contributed by atoms with van der Waals surface area (Å²) in [6.45, 7) is 6.71. The molecule has 1 fully saturated rings. The molecular weight excluding hydrogens is 440 g/mol. The van der Waals surface area contributed by atoms with Crippen LogP contribution in [-0.2, 0) is 4.74 Å². The summed E-state index contributed by atoms with van der Waals surface area (Å²) in [7, 11) is 0. The lowest BCUT2D eigenvalue weighted by molar-refractivity contribution is 0.105. The highest BCUT2D eigenvalue weighted by molar-refractivity contribution is 6.33. The smallest absolute Gasteiger partial charge is 0.409 e. The van der Waals surface area contributed by atoms with Crippen LogP contribution in [0, 0.1) is 6.92 Å². The zero-order valence-electron chi connectivity index (χ0n) is 18.6. The number of carbonyl (C=O) groups is 1. The Morgan fingerprint density at radius 1 is 1.09 bits per heavy atom. The Hall–Kier alpha value is -3.52. The van der Waals surface area contributed by atoms with Gasteiger partial charge in [0.15, 0.2) is 5.82 Å². The monoisotopic (exact) mass is 464 g/mol. The molecule has 0 atom stereocenters. The van der Waals surface area contributed by atoms with Crippen LogP contribution in [-0.4, -0.2) is 58.1 Å². The summed E-state index contributed by atoms with van der Waals surface area (Å²) in [4.78, 5) is 25.7. The maximum atomic E-state index is 12.1. The van der Waals surface area contributed by atoms with Crippen LogP contribution < -0.4 is 10.2 Å². The molecular formula is C24H25ClN6O2. The normalized spacial score (nSPS) is 14.2. The van der Waals surface area contributed by atoms with Gasteiger partial charge in [-0.15, -0.1) is 0 Å². The van der Waals surface area contributed by atoms with Gasteiger partial charge in [0, 0.05) is 26.2 Å². The van der Waals surface area contributed by atoms with Crippen molar-refractivity contribution in [2.45, 2.75) is 13.8 Å². The van der Waals surface area contributed by atoms with Gasteiger partial charge in [-0.3, -0.25) is 4.40 Å². The van der Waals surface area contributed by atoms with Crippen LogP contribution in [0.2, 0.25) is 5.02 Å². The Balaban J connectivity index is 1.55. The number of piperazine rings is 1. The molecule has 5 rings (SSSR count). The third kappa shape index (κ3) is 3.91. The number of fused-ring (bicyclic) bond motifs is 3. The number of rotatable bonds is 4. The Morgan fingerprint density at radius 2 is 1.88 bits per heavy atom. The molecule has 1 saturated heterocycles. The number of nitrogens with one attached hydrogen (secondary N) is 1. The highest BCUT2D eigenvalue weighted by Gasteiger charge is 2.25. The molecule has 1 N–H and O–H groups in total. The first-order valence-corrected chi connectivity index (χ1v) is 11.4. The van der Waals surface area contributed by atoms with E-state index in [-0.39, 0.29) is 6.09 Å². The molecule has 2 aromatic heterocycles. The predicted molar refractivity (Wildman–Crippen MR) is 131 cm³/mol. The molecule has 0 spiro atoms. The summed E-state index contributed by atoms with van der Waals surface area (Å²) in [6, 6.07) is 13.8. The van der Waals surface area contributed by atoms with E-state index in [0.29, 0.717) is 43.6 Å². The minimum Gasteiger partial charge on any atom is -0.450 e. The Bertz CT molecular complexity index is 1310. The number of anilines is 3. The van der Waals surface area contributed by atoms with Crippen molar-refractivity contribution in [1.82, 2.24) is 19.3 Å². The summed E-state index contributed by atoms with van der Waals surface area (Å²) in [5.74, 6) is 1.51. The largest absolute Gasteiger partial charge is 0.450 e. The zero-order valence-corrected chi connectivity index (χ0v) is 19.3. The first-order valence-electron chi connectivity index (χ1n) is 11.0. The van der Waals surface area contributed by atoms with Crippen LogP contribution in [0.4, 0.5) is 22.2 Å². The van der Waals surface area contributed by atoms with Crippen LogP contribution in [0.5, 0.6) is 0 Å². The summed E-state index contributed by atoms with van der Waals surface area (Å²) < 4.78 is 7.27. The Morgan fingerprint density at radius 3 is 2.64 bits per heavy atom. The molecule has 33 heavy (non-hydrogen) atoms. The van der Waals surface area contributed by atoms with Crippen molar-refractivity contribution in [3.63, 3.8) is 0 Å². The molecule has 1 amide bonds. The van der Waals surface area contributed by atoms with Crippen LogP contribution >= 0.6 is 11.6 Å². The van der Waals surface area contributed by atoms with E-state index >= 15 is 0 Å².